The van der Waals surface area contributed by atoms with Gasteiger partial charge in [0.05, 0.1) is 5.56 Å². The molecule has 0 aliphatic heterocycles. The molecule has 0 heterocycles. The molecule has 3 nitrogen and oxygen atoms in total. The van der Waals surface area contributed by atoms with Gasteiger partial charge >= 0.3 is 0 Å². The maximum Gasteiger partial charge on any atom is 0.252 e. The molecule has 1 aromatic rings. The van der Waals surface area contributed by atoms with Gasteiger partial charge in [-0.25, -0.2) is 0 Å². The van der Waals surface area contributed by atoms with E-state index in [1.54, 1.807) is 0 Å². The number of nitrogens with one attached hydrogen (secondary N) is 2. The van der Waals surface area contributed by atoms with Crippen molar-refractivity contribution in [3.8, 4) is 0 Å². The minimum Gasteiger partial charge on any atom is -0.352 e. The number of rotatable bonds is 5. The van der Waals surface area contributed by atoms with Crippen LogP contribution in [0.25, 0.3) is 0 Å². The Hall–Kier alpha value is -0.140. The second-order valence-corrected chi connectivity index (χ2v) is 5.44. The smallest absolute Gasteiger partial charge is 0.252 e. The minimum atomic E-state index is -0.0264. The summed E-state index contributed by atoms with van der Waals surface area (Å²) in [5.41, 5.74) is 0.691. The van der Waals surface area contributed by atoms with E-state index in [-0.39, 0.29) is 5.91 Å². The third-order valence-corrected chi connectivity index (χ3v) is 3.42. The predicted molar refractivity (Wildman–Crippen MR) is 77.7 cm³/mol. The molecule has 0 radical (unpaired) electrons. The Morgan fingerprint density at radius 1 is 1.44 bits per heavy atom. The fourth-order valence-corrected chi connectivity index (χ4v) is 2.15. The van der Waals surface area contributed by atoms with E-state index in [9.17, 15) is 4.79 Å². The van der Waals surface area contributed by atoms with Gasteiger partial charge in [0, 0.05) is 14.6 Å². The molecule has 0 saturated carbocycles. The molecule has 1 aromatic carbocycles. The van der Waals surface area contributed by atoms with Crippen molar-refractivity contribution in [2.75, 3.05) is 20.1 Å². The van der Waals surface area contributed by atoms with Gasteiger partial charge in [0.2, 0.25) is 0 Å². The highest BCUT2D eigenvalue weighted by atomic mass is 127. The van der Waals surface area contributed by atoms with Gasteiger partial charge in [-0.15, -0.1) is 0 Å². The van der Waals surface area contributed by atoms with Crippen molar-refractivity contribution in [2.45, 2.75) is 6.42 Å². The van der Waals surface area contributed by atoms with E-state index in [1.165, 1.54) is 0 Å². The van der Waals surface area contributed by atoms with Gasteiger partial charge < -0.3 is 10.6 Å². The predicted octanol–water partition coefficient (Wildman–Crippen LogP) is 2.39. The molecule has 0 aliphatic carbocycles. The number of carbonyl (C=O) groups excluding carboxylic acids is 1. The van der Waals surface area contributed by atoms with Crippen molar-refractivity contribution >= 4 is 44.4 Å². The van der Waals surface area contributed by atoms with Crippen LogP contribution in [-0.4, -0.2) is 26.0 Å². The second-order valence-electron chi connectivity index (χ2n) is 3.34. The zero-order chi connectivity index (χ0) is 12.0. The van der Waals surface area contributed by atoms with Crippen molar-refractivity contribution in [1.82, 2.24) is 10.6 Å². The summed E-state index contributed by atoms with van der Waals surface area (Å²) >= 11 is 5.57. The summed E-state index contributed by atoms with van der Waals surface area (Å²) in [5.74, 6) is -0.0264. The summed E-state index contributed by atoms with van der Waals surface area (Å²) in [7, 11) is 1.90. The third kappa shape index (κ3) is 4.39. The van der Waals surface area contributed by atoms with E-state index in [1.807, 2.05) is 25.2 Å². The van der Waals surface area contributed by atoms with Gasteiger partial charge in [-0.2, -0.15) is 0 Å². The lowest BCUT2D eigenvalue weighted by Gasteiger charge is -2.07. The summed E-state index contributed by atoms with van der Waals surface area (Å²) in [6.45, 7) is 1.60. The molecule has 0 saturated heterocycles. The van der Waals surface area contributed by atoms with E-state index in [2.05, 4.69) is 49.2 Å². The molecule has 0 unspecified atom stereocenters. The quantitative estimate of drug-likeness (QED) is 0.592. The maximum absolute atomic E-state index is 11.8. The van der Waals surface area contributed by atoms with Crippen LogP contribution in [0.5, 0.6) is 0 Å². The lowest BCUT2D eigenvalue weighted by Crippen LogP contribution is -2.26. The maximum atomic E-state index is 11.8. The molecule has 0 aromatic heterocycles. The van der Waals surface area contributed by atoms with Crippen molar-refractivity contribution in [3.63, 3.8) is 0 Å². The molecule has 88 valence electrons. The van der Waals surface area contributed by atoms with E-state index < -0.39 is 0 Å². The standard InChI is InChI=1S/C11H14BrIN2O/c1-14-5-2-6-15-11(16)9-7-8(13)3-4-10(9)12/h3-4,7,14H,2,5-6H2,1H3,(H,15,16). The Balaban J connectivity index is 2.55. The number of benzene rings is 1. The average molecular weight is 397 g/mol. The molecule has 2 N–H and O–H groups in total. The van der Waals surface area contributed by atoms with Crippen LogP contribution in [0.1, 0.15) is 16.8 Å². The summed E-state index contributed by atoms with van der Waals surface area (Å²) in [5, 5.41) is 5.93. The molecule has 1 rings (SSSR count). The lowest BCUT2D eigenvalue weighted by molar-refractivity contribution is 0.0952. The fraction of sp³-hybridized carbons (Fsp3) is 0.364. The first-order chi connectivity index (χ1) is 7.65. The Morgan fingerprint density at radius 2 is 2.19 bits per heavy atom. The highest BCUT2D eigenvalue weighted by Crippen LogP contribution is 2.19. The topological polar surface area (TPSA) is 41.1 Å². The highest BCUT2D eigenvalue weighted by Gasteiger charge is 2.09. The Labute approximate surface area is 118 Å². The molecule has 5 heteroatoms. The molecular weight excluding hydrogens is 383 g/mol. The minimum absolute atomic E-state index is 0.0264. The van der Waals surface area contributed by atoms with Crippen molar-refractivity contribution < 1.29 is 4.79 Å². The van der Waals surface area contributed by atoms with Crippen LogP contribution >= 0.6 is 38.5 Å². The number of carbonyl (C=O) groups is 1. The van der Waals surface area contributed by atoms with Gasteiger partial charge in [0.1, 0.15) is 0 Å². The van der Waals surface area contributed by atoms with Crippen LogP contribution in [0.4, 0.5) is 0 Å². The largest absolute Gasteiger partial charge is 0.352 e. The molecule has 0 bridgehead atoms. The molecule has 0 spiro atoms. The summed E-state index contributed by atoms with van der Waals surface area (Å²) in [6.07, 6.45) is 0.934. The summed E-state index contributed by atoms with van der Waals surface area (Å²) in [6, 6.07) is 5.73. The van der Waals surface area contributed by atoms with Gasteiger partial charge in [0.15, 0.2) is 0 Å². The highest BCUT2D eigenvalue weighted by molar-refractivity contribution is 14.1. The number of hydrogen-bond donors (Lipinski definition) is 2. The zero-order valence-electron chi connectivity index (χ0n) is 9.02. The van der Waals surface area contributed by atoms with Gasteiger partial charge in [-0.05, 0) is 76.7 Å². The zero-order valence-corrected chi connectivity index (χ0v) is 12.8. The van der Waals surface area contributed by atoms with Crippen molar-refractivity contribution in [2.24, 2.45) is 0 Å². The third-order valence-electron chi connectivity index (χ3n) is 2.06. The SMILES string of the molecule is CNCCCNC(=O)c1cc(I)ccc1Br. The van der Waals surface area contributed by atoms with Crippen LogP contribution in [0.2, 0.25) is 0 Å². The van der Waals surface area contributed by atoms with E-state index in [4.69, 9.17) is 0 Å². The molecule has 0 fully saturated rings. The van der Waals surface area contributed by atoms with Crippen LogP contribution in [0, 0.1) is 3.57 Å². The number of hydrogen-bond acceptors (Lipinski definition) is 2. The van der Waals surface area contributed by atoms with Crippen LogP contribution in [-0.2, 0) is 0 Å². The molecular formula is C11H14BrIN2O. The molecule has 1 amide bonds. The first kappa shape index (κ1) is 13.9. The number of amides is 1. The van der Waals surface area contributed by atoms with E-state index in [0.29, 0.717) is 12.1 Å². The normalized spacial score (nSPS) is 10.2. The Bertz CT molecular complexity index is 371. The Morgan fingerprint density at radius 3 is 2.88 bits per heavy atom. The monoisotopic (exact) mass is 396 g/mol. The van der Waals surface area contributed by atoms with E-state index in [0.717, 1.165) is 21.0 Å². The first-order valence-corrected chi connectivity index (χ1v) is 6.90. The fourth-order valence-electron chi connectivity index (χ4n) is 1.23. The van der Waals surface area contributed by atoms with Crippen LogP contribution < -0.4 is 10.6 Å². The van der Waals surface area contributed by atoms with Crippen molar-refractivity contribution in [1.29, 1.82) is 0 Å². The average Bonchev–Trinajstić information content (AvgIpc) is 2.27. The van der Waals surface area contributed by atoms with Gasteiger partial charge in [-0.1, -0.05) is 0 Å². The first-order valence-electron chi connectivity index (χ1n) is 5.03. The van der Waals surface area contributed by atoms with Crippen molar-refractivity contribution in [3.05, 3.63) is 31.8 Å². The van der Waals surface area contributed by atoms with E-state index >= 15 is 0 Å². The van der Waals surface area contributed by atoms with Crippen LogP contribution in [0.15, 0.2) is 22.7 Å². The Kier molecular flexibility index (Phi) is 6.30. The van der Waals surface area contributed by atoms with Gasteiger partial charge in [-0.3, -0.25) is 4.79 Å². The van der Waals surface area contributed by atoms with Crippen LogP contribution in [0.3, 0.4) is 0 Å². The summed E-state index contributed by atoms with van der Waals surface area (Å²) in [4.78, 5) is 11.8. The summed E-state index contributed by atoms with van der Waals surface area (Å²) < 4.78 is 1.89. The number of halogens is 2. The molecule has 16 heavy (non-hydrogen) atoms. The molecule has 0 atom stereocenters. The second kappa shape index (κ2) is 7.24. The van der Waals surface area contributed by atoms with Gasteiger partial charge in [0.25, 0.3) is 5.91 Å². The molecule has 0 aliphatic rings. The lowest BCUT2D eigenvalue weighted by atomic mass is 10.2.